The van der Waals surface area contributed by atoms with Crippen molar-refractivity contribution in [2.24, 2.45) is 5.92 Å². The molecule has 0 spiro atoms. The molecule has 1 saturated carbocycles. The highest BCUT2D eigenvalue weighted by Gasteiger charge is 2.14. The van der Waals surface area contributed by atoms with Gasteiger partial charge >= 0.3 is 6.09 Å². The van der Waals surface area contributed by atoms with E-state index >= 15 is 0 Å². The van der Waals surface area contributed by atoms with E-state index in [-0.39, 0.29) is 0 Å². The van der Waals surface area contributed by atoms with Gasteiger partial charge in [-0.15, -0.1) is 0 Å². The molecule has 0 heterocycles. The zero-order valence-corrected chi connectivity index (χ0v) is 12.1. The number of amides is 1. The molecule has 0 N–H and O–H groups in total. The van der Waals surface area contributed by atoms with Crippen molar-refractivity contribution in [3.63, 3.8) is 0 Å². The molecule has 1 aliphatic rings. The van der Waals surface area contributed by atoms with Crippen LogP contribution in [0.1, 0.15) is 44.1 Å². The average Bonchev–Trinajstić information content (AvgIpc) is 2.98. The lowest BCUT2D eigenvalue weighted by molar-refractivity contribution is 0.146. The number of hydrogen-bond acceptors (Lipinski definition) is 2. The van der Waals surface area contributed by atoms with Gasteiger partial charge in [0.05, 0.1) is 6.61 Å². The van der Waals surface area contributed by atoms with Gasteiger partial charge in [0, 0.05) is 13.0 Å². The second kappa shape index (κ2) is 8.62. The van der Waals surface area contributed by atoms with Gasteiger partial charge in [0.1, 0.15) is 0 Å². The zero-order valence-electron chi connectivity index (χ0n) is 12.1. The average molecular weight is 274 g/mol. The Morgan fingerprint density at radius 2 is 1.95 bits per heavy atom. The summed E-state index contributed by atoms with van der Waals surface area (Å²) in [7, 11) is 0. The Balaban J connectivity index is 1.48. The molecular formula is C17H24NO2. The molecule has 1 aromatic carbocycles. The molecule has 1 aliphatic carbocycles. The molecule has 109 valence electrons. The normalized spacial score (nSPS) is 15.2. The van der Waals surface area contributed by atoms with Crippen molar-refractivity contribution in [3.8, 4) is 0 Å². The number of benzene rings is 1. The van der Waals surface area contributed by atoms with Gasteiger partial charge in [-0.1, -0.05) is 56.0 Å². The minimum Gasteiger partial charge on any atom is -0.448 e. The molecule has 1 aromatic rings. The molecule has 20 heavy (non-hydrogen) atoms. The first-order chi connectivity index (χ1) is 9.84. The third-order valence-electron chi connectivity index (χ3n) is 3.95. The first-order valence-corrected chi connectivity index (χ1v) is 7.73. The van der Waals surface area contributed by atoms with Crippen molar-refractivity contribution in [2.45, 2.75) is 44.9 Å². The van der Waals surface area contributed by atoms with E-state index in [1.54, 1.807) is 0 Å². The van der Waals surface area contributed by atoms with E-state index in [2.05, 4.69) is 5.32 Å². The van der Waals surface area contributed by atoms with Gasteiger partial charge in [0.15, 0.2) is 0 Å². The highest BCUT2D eigenvalue weighted by atomic mass is 16.5. The second-order valence-electron chi connectivity index (χ2n) is 5.52. The molecule has 3 nitrogen and oxygen atoms in total. The Kier molecular flexibility index (Phi) is 6.42. The van der Waals surface area contributed by atoms with Gasteiger partial charge in [-0.05, 0) is 24.3 Å². The van der Waals surface area contributed by atoms with Gasteiger partial charge in [-0.3, -0.25) is 0 Å². The van der Waals surface area contributed by atoms with Gasteiger partial charge in [-0.25, -0.2) is 10.1 Å². The summed E-state index contributed by atoms with van der Waals surface area (Å²) in [4.78, 5) is 11.4. The molecule has 3 heteroatoms. The predicted molar refractivity (Wildman–Crippen MR) is 79.7 cm³/mol. The third kappa shape index (κ3) is 5.64. The fourth-order valence-corrected chi connectivity index (χ4v) is 2.80. The van der Waals surface area contributed by atoms with Crippen molar-refractivity contribution in [1.29, 1.82) is 0 Å². The summed E-state index contributed by atoms with van der Waals surface area (Å²) in [6.45, 7) is 1.02. The van der Waals surface area contributed by atoms with Crippen LogP contribution < -0.4 is 5.32 Å². The van der Waals surface area contributed by atoms with E-state index in [1.807, 2.05) is 30.3 Å². The molecule has 1 amide bonds. The van der Waals surface area contributed by atoms with Gasteiger partial charge in [-0.2, -0.15) is 0 Å². The Morgan fingerprint density at radius 3 is 2.70 bits per heavy atom. The minimum atomic E-state index is -0.410. The lowest BCUT2D eigenvalue weighted by Crippen LogP contribution is -2.19. The van der Waals surface area contributed by atoms with E-state index in [4.69, 9.17) is 4.74 Å². The number of carbonyl (C=O) groups excluding carboxylic acids is 1. The second-order valence-corrected chi connectivity index (χ2v) is 5.52. The molecule has 0 aliphatic heterocycles. The molecule has 0 bridgehead atoms. The summed E-state index contributed by atoms with van der Waals surface area (Å²) < 4.78 is 5.11. The maximum atomic E-state index is 11.4. The van der Waals surface area contributed by atoms with Crippen LogP contribution in [0.3, 0.4) is 0 Å². The SMILES string of the molecule is O=C([N]CCCC1CCCC1)OCCc1ccccc1. The Bertz CT molecular complexity index is 385. The highest BCUT2D eigenvalue weighted by molar-refractivity contribution is 5.66. The van der Waals surface area contributed by atoms with Crippen molar-refractivity contribution in [2.75, 3.05) is 13.2 Å². The fourth-order valence-electron chi connectivity index (χ4n) is 2.80. The molecule has 0 unspecified atom stereocenters. The van der Waals surface area contributed by atoms with E-state index in [9.17, 15) is 4.79 Å². The van der Waals surface area contributed by atoms with E-state index in [0.29, 0.717) is 13.2 Å². The fraction of sp³-hybridized carbons (Fsp3) is 0.588. The van der Waals surface area contributed by atoms with Crippen molar-refractivity contribution in [1.82, 2.24) is 5.32 Å². The van der Waals surface area contributed by atoms with Gasteiger partial charge in [0.2, 0.25) is 0 Å². The molecule has 1 fully saturated rings. The minimum absolute atomic E-state index is 0.410. The van der Waals surface area contributed by atoms with Gasteiger partial charge in [0.25, 0.3) is 0 Å². The maximum absolute atomic E-state index is 11.4. The van der Waals surface area contributed by atoms with Crippen LogP contribution in [0, 0.1) is 5.92 Å². The predicted octanol–water partition coefficient (Wildman–Crippen LogP) is 3.94. The van der Waals surface area contributed by atoms with Crippen LogP contribution in [0.5, 0.6) is 0 Å². The Hall–Kier alpha value is -1.51. The summed E-state index contributed by atoms with van der Waals surface area (Å²) in [6, 6.07) is 10.0. The molecule has 0 aromatic heterocycles. The highest BCUT2D eigenvalue weighted by Crippen LogP contribution is 2.28. The van der Waals surface area contributed by atoms with Crippen LogP contribution in [-0.4, -0.2) is 19.2 Å². The van der Waals surface area contributed by atoms with Crippen LogP contribution in [0.4, 0.5) is 4.79 Å². The smallest absolute Gasteiger partial charge is 0.428 e. The van der Waals surface area contributed by atoms with Crippen molar-refractivity contribution >= 4 is 6.09 Å². The van der Waals surface area contributed by atoms with Crippen molar-refractivity contribution in [3.05, 3.63) is 35.9 Å². The van der Waals surface area contributed by atoms with E-state index in [1.165, 1.54) is 37.7 Å². The van der Waals surface area contributed by atoms with E-state index < -0.39 is 6.09 Å². The first-order valence-electron chi connectivity index (χ1n) is 7.73. The van der Waals surface area contributed by atoms with E-state index in [0.717, 1.165) is 18.8 Å². The summed E-state index contributed by atoms with van der Waals surface area (Å²) in [5, 5.41) is 3.96. The van der Waals surface area contributed by atoms with Crippen LogP contribution in [0.15, 0.2) is 30.3 Å². The largest absolute Gasteiger partial charge is 0.448 e. The summed E-state index contributed by atoms with van der Waals surface area (Å²) in [5.41, 5.74) is 1.18. The zero-order chi connectivity index (χ0) is 14.0. The summed E-state index contributed by atoms with van der Waals surface area (Å²) in [6.07, 6.45) is 8.05. The molecule has 0 saturated heterocycles. The third-order valence-corrected chi connectivity index (χ3v) is 3.95. The van der Waals surface area contributed by atoms with Crippen LogP contribution in [0.25, 0.3) is 0 Å². The number of hydrogen-bond donors (Lipinski definition) is 0. The molecule has 0 atom stereocenters. The number of nitrogens with zero attached hydrogens (tertiary/aromatic N) is 1. The van der Waals surface area contributed by atoms with Crippen molar-refractivity contribution < 1.29 is 9.53 Å². The summed E-state index contributed by atoms with van der Waals surface area (Å²) in [5.74, 6) is 0.874. The standard InChI is InChI=1S/C17H24NO2/c19-17(18-13-6-11-15-9-4-5-10-15)20-14-12-16-7-2-1-3-8-16/h1-3,7-8,15H,4-6,9-14H2. The van der Waals surface area contributed by atoms with Crippen LogP contribution in [-0.2, 0) is 11.2 Å². The van der Waals surface area contributed by atoms with Crippen LogP contribution >= 0.6 is 0 Å². The Labute approximate surface area is 121 Å². The summed E-state index contributed by atoms with van der Waals surface area (Å²) >= 11 is 0. The molecular weight excluding hydrogens is 250 g/mol. The molecule has 1 radical (unpaired) electrons. The molecule has 2 rings (SSSR count). The quantitative estimate of drug-likeness (QED) is 0.706. The number of carbonyl (C=O) groups is 1. The topological polar surface area (TPSA) is 40.4 Å². The first kappa shape index (κ1) is 14.9. The van der Waals surface area contributed by atoms with Gasteiger partial charge < -0.3 is 4.74 Å². The number of ether oxygens (including phenoxy) is 1. The lowest BCUT2D eigenvalue weighted by atomic mass is 10.0. The lowest BCUT2D eigenvalue weighted by Gasteiger charge is -2.08. The monoisotopic (exact) mass is 274 g/mol. The number of rotatable bonds is 7. The maximum Gasteiger partial charge on any atom is 0.428 e. The van der Waals surface area contributed by atoms with Crippen LogP contribution in [0.2, 0.25) is 0 Å². The Morgan fingerprint density at radius 1 is 1.20 bits per heavy atom.